The lowest BCUT2D eigenvalue weighted by atomic mass is 9.84. The second-order valence-corrected chi connectivity index (χ2v) is 4.94. The summed E-state index contributed by atoms with van der Waals surface area (Å²) in [5.74, 6) is 1.01. The molecule has 1 aromatic rings. The molecule has 3 unspecified atom stereocenters. The molecule has 0 amide bonds. The van der Waals surface area contributed by atoms with Crippen molar-refractivity contribution in [3.63, 3.8) is 0 Å². The molecule has 86 valence electrons. The average Bonchev–Trinajstić information content (AvgIpc) is 3.07. The van der Waals surface area contributed by atoms with Crippen molar-refractivity contribution in [1.82, 2.24) is 5.32 Å². The molecule has 2 nitrogen and oxygen atoms in total. The molecule has 1 heterocycles. The van der Waals surface area contributed by atoms with Crippen LogP contribution >= 0.6 is 0 Å². The van der Waals surface area contributed by atoms with Gasteiger partial charge in [-0.3, -0.25) is 0 Å². The minimum Gasteiger partial charge on any atom is -0.488 e. The number of hydrogen-bond donors (Lipinski definition) is 1. The van der Waals surface area contributed by atoms with Crippen molar-refractivity contribution in [2.45, 2.75) is 50.3 Å². The smallest absolute Gasteiger partial charge is 0.119 e. The van der Waals surface area contributed by atoms with Crippen LogP contribution in [0.2, 0.25) is 0 Å². The Labute approximate surface area is 97.0 Å². The van der Waals surface area contributed by atoms with Crippen LogP contribution in [-0.2, 0) is 0 Å². The summed E-state index contributed by atoms with van der Waals surface area (Å²) in [6.07, 6.45) is 5.33. The second kappa shape index (κ2) is 3.77. The van der Waals surface area contributed by atoms with Crippen LogP contribution in [0.1, 0.15) is 32.6 Å². The van der Waals surface area contributed by atoms with E-state index >= 15 is 0 Å². The zero-order valence-electron chi connectivity index (χ0n) is 9.78. The number of rotatable bonds is 3. The molecule has 3 atom stereocenters. The zero-order chi connectivity index (χ0) is 11.0. The van der Waals surface area contributed by atoms with Crippen LogP contribution in [0, 0.1) is 0 Å². The average molecular weight is 217 g/mol. The maximum absolute atomic E-state index is 6.14. The van der Waals surface area contributed by atoms with Gasteiger partial charge in [0.15, 0.2) is 0 Å². The molecule has 1 aliphatic carbocycles. The third-order valence-electron chi connectivity index (χ3n) is 4.12. The Hall–Kier alpha value is -1.02. The topological polar surface area (TPSA) is 31.2 Å². The summed E-state index contributed by atoms with van der Waals surface area (Å²) in [6.45, 7) is 2.26. The van der Waals surface area contributed by atoms with E-state index in [2.05, 4.69) is 24.4 Å². The molecule has 1 aromatic carbocycles. The number of fused-ring (bicyclic) bond motifs is 1. The molecule has 1 saturated carbocycles. The number of benzene rings is 1. The number of para-hydroxylation sites is 1. The molecule has 0 bridgehead atoms. The summed E-state index contributed by atoms with van der Waals surface area (Å²) in [5, 5.41) is 3.64. The molecule has 0 radical (unpaired) electrons. The van der Waals surface area contributed by atoms with E-state index in [4.69, 9.17) is 4.74 Å². The Morgan fingerprint density at radius 1 is 1.31 bits per heavy atom. The van der Waals surface area contributed by atoms with Gasteiger partial charge in [-0.25, -0.2) is 0 Å². The fraction of sp³-hybridized carbons (Fsp3) is 0.571. The second-order valence-electron chi connectivity index (χ2n) is 4.94. The van der Waals surface area contributed by atoms with E-state index in [-0.39, 0.29) is 5.54 Å². The Bertz CT molecular complexity index is 364. The van der Waals surface area contributed by atoms with Crippen molar-refractivity contribution in [3.05, 3.63) is 30.3 Å². The van der Waals surface area contributed by atoms with E-state index in [1.54, 1.807) is 0 Å². The van der Waals surface area contributed by atoms with Gasteiger partial charge in [0.2, 0.25) is 0 Å². The van der Waals surface area contributed by atoms with Crippen molar-refractivity contribution in [3.8, 4) is 5.75 Å². The van der Waals surface area contributed by atoms with Gasteiger partial charge < -0.3 is 10.1 Å². The Balaban J connectivity index is 1.75. The molecular weight excluding hydrogens is 198 g/mol. The summed E-state index contributed by atoms with van der Waals surface area (Å²) >= 11 is 0. The van der Waals surface area contributed by atoms with Crippen LogP contribution in [0.15, 0.2) is 30.3 Å². The molecule has 2 heteroatoms. The van der Waals surface area contributed by atoms with Crippen molar-refractivity contribution >= 4 is 0 Å². The van der Waals surface area contributed by atoms with Crippen LogP contribution in [0.4, 0.5) is 0 Å². The third-order valence-corrected chi connectivity index (χ3v) is 4.12. The first kappa shape index (κ1) is 10.2. The highest BCUT2D eigenvalue weighted by atomic mass is 16.5. The van der Waals surface area contributed by atoms with Crippen LogP contribution in [0.25, 0.3) is 0 Å². The molecule has 16 heavy (non-hydrogen) atoms. The Kier molecular flexibility index (Phi) is 2.40. The monoisotopic (exact) mass is 217 g/mol. The first-order valence-corrected chi connectivity index (χ1v) is 6.34. The van der Waals surface area contributed by atoms with Crippen molar-refractivity contribution in [1.29, 1.82) is 0 Å². The molecule has 1 N–H and O–H groups in total. The standard InChI is InChI=1S/C14H19NO/c1-2-14-12(15-14)9-6-10-13(14)16-11-7-4-3-5-8-11/h3-5,7-8,12-13,15H,2,6,9-10H2,1H3. The van der Waals surface area contributed by atoms with E-state index in [9.17, 15) is 0 Å². The van der Waals surface area contributed by atoms with Gasteiger partial charge in [0, 0.05) is 6.04 Å². The molecule has 1 aliphatic heterocycles. The molecule has 3 rings (SSSR count). The van der Waals surface area contributed by atoms with Gasteiger partial charge >= 0.3 is 0 Å². The Morgan fingerprint density at radius 3 is 2.88 bits per heavy atom. The highest BCUT2D eigenvalue weighted by Crippen LogP contribution is 2.44. The lowest BCUT2D eigenvalue weighted by Gasteiger charge is -2.30. The van der Waals surface area contributed by atoms with E-state index in [0.29, 0.717) is 12.1 Å². The minimum atomic E-state index is 0.286. The first-order valence-electron chi connectivity index (χ1n) is 6.34. The molecule has 0 spiro atoms. The fourth-order valence-corrected chi connectivity index (χ4v) is 3.10. The van der Waals surface area contributed by atoms with Crippen LogP contribution in [0.5, 0.6) is 5.75 Å². The van der Waals surface area contributed by atoms with E-state index < -0.39 is 0 Å². The van der Waals surface area contributed by atoms with Gasteiger partial charge in [0.1, 0.15) is 11.9 Å². The highest BCUT2D eigenvalue weighted by Gasteiger charge is 2.60. The van der Waals surface area contributed by atoms with Crippen molar-refractivity contribution < 1.29 is 4.74 Å². The SMILES string of the molecule is CCC12NC1CCCC2Oc1ccccc1. The fourth-order valence-electron chi connectivity index (χ4n) is 3.10. The molecule has 1 saturated heterocycles. The zero-order valence-corrected chi connectivity index (χ0v) is 9.78. The lowest BCUT2D eigenvalue weighted by Crippen LogP contribution is -2.40. The first-order chi connectivity index (χ1) is 7.85. The number of ether oxygens (including phenoxy) is 1. The van der Waals surface area contributed by atoms with Gasteiger partial charge in [0.25, 0.3) is 0 Å². The van der Waals surface area contributed by atoms with Gasteiger partial charge in [-0.1, -0.05) is 25.1 Å². The summed E-state index contributed by atoms with van der Waals surface area (Å²) < 4.78 is 6.14. The largest absolute Gasteiger partial charge is 0.488 e. The third kappa shape index (κ3) is 1.52. The number of nitrogens with one attached hydrogen (secondary N) is 1. The highest BCUT2D eigenvalue weighted by molar-refractivity contribution is 5.26. The minimum absolute atomic E-state index is 0.286. The summed E-state index contributed by atoms with van der Waals surface area (Å²) in [7, 11) is 0. The van der Waals surface area contributed by atoms with E-state index in [0.717, 1.165) is 5.75 Å². The quantitative estimate of drug-likeness (QED) is 0.789. The van der Waals surface area contributed by atoms with Gasteiger partial charge in [-0.15, -0.1) is 0 Å². The van der Waals surface area contributed by atoms with Crippen molar-refractivity contribution in [2.24, 2.45) is 0 Å². The summed E-state index contributed by atoms with van der Waals surface area (Å²) in [5.41, 5.74) is 0.286. The molecule has 2 fully saturated rings. The van der Waals surface area contributed by atoms with E-state index in [1.165, 1.54) is 25.7 Å². The van der Waals surface area contributed by atoms with Gasteiger partial charge in [0.05, 0.1) is 5.54 Å². The van der Waals surface area contributed by atoms with E-state index in [1.807, 2.05) is 18.2 Å². The molecule has 0 aromatic heterocycles. The summed E-state index contributed by atoms with van der Waals surface area (Å²) in [6, 6.07) is 10.9. The van der Waals surface area contributed by atoms with Crippen LogP contribution < -0.4 is 10.1 Å². The number of hydrogen-bond acceptors (Lipinski definition) is 2. The molecular formula is C14H19NO. The van der Waals surface area contributed by atoms with Crippen LogP contribution in [0.3, 0.4) is 0 Å². The van der Waals surface area contributed by atoms with Crippen molar-refractivity contribution in [2.75, 3.05) is 0 Å². The normalized spacial score (nSPS) is 36.6. The van der Waals surface area contributed by atoms with Gasteiger partial charge in [-0.05, 0) is 37.8 Å². The maximum atomic E-state index is 6.14. The predicted octanol–water partition coefficient (Wildman–Crippen LogP) is 2.74. The van der Waals surface area contributed by atoms with Crippen LogP contribution in [-0.4, -0.2) is 17.7 Å². The maximum Gasteiger partial charge on any atom is 0.119 e. The summed E-state index contributed by atoms with van der Waals surface area (Å²) in [4.78, 5) is 0. The lowest BCUT2D eigenvalue weighted by molar-refractivity contribution is 0.123. The Morgan fingerprint density at radius 2 is 2.12 bits per heavy atom. The van der Waals surface area contributed by atoms with Gasteiger partial charge in [-0.2, -0.15) is 0 Å². The predicted molar refractivity (Wildman–Crippen MR) is 64.7 cm³/mol. The molecule has 2 aliphatic rings.